The fourth-order valence-corrected chi connectivity index (χ4v) is 4.86. The van der Waals surface area contributed by atoms with Crippen molar-refractivity contribution < 1.29 is 9.53 Å². The Morgan fingerprint density at radius 3 is 2.55 bits per heavy atom. The molecule has 0 fully saturated rings. The molecule has 3 rings (SSSR count). The highest BCUT2D eigenvalue weighted by Gasteiger charge is 2.11. The van der Waals surface area contributed by atoms with E-state index in [1.165, 1.54) is 6.20 Å². The van der Waals surface area contributed by atoms with Crippen molar-refractivity contribution in [2.45, 2.75) is 6.61 Å². The van der Waals surface area contributed by atoms with E-state index in [0.717, 1.165) is 24.0 Å². The number of carbonyl (C=O) groups is 1. The molecule has 1 amide bonds. The van der Waals surface area contributed by atoms with Crippen LogP contribution in [0, 0.1) is 7.14 Å². The molecule has 0 atom stereocenters. The number of carbonyl (C=O) groups excluding carboxylic acids is 1. The summed E-state index contributed by atoms with van der Waals surface area (Å²) in [5.41, 5.74) is 4.45. The van der Waals surface area contributed by atoms with Crippen molar-refractivity contribution in [3.8, 4) is 5.75 Å². The quantitative estimate of drug-likeness (QED) is 0.155. The van der Waals surface area contributed by atoms with Gasteiger partial charge in [-0.3, -0.25) is 4.79 Å². The van der Waals surface area contributed by atoms with Gasteiger partial charge in [0.1, 0.15) is 17.5 Å². The molecule has 1 N–H and O–H groups in total. The number of aromatic nitrogens is 1. The van der Waals surface area contributed by atoms with Gasteiger partial charge in [-0.2, -0.15) is 5.10 Å². The highest BCUT2D eigenvalue weighted by Crippen LogP contribution is 2.30. The molecule has 0 aliphatic carbocycles. The molecule has 5 nitrogen and oxygen atoms in total. The van der Waals surface area contributed by atoms with Gasteiger partial charge in [-0.15, -0.1) is 0 Å². The summed E-state index contributed by atoms with van der Waals surface area (Å²) in [5, 5.41) is 4.80. The van der Waals surface area contributed by atoms with Crippen LogP contribution in [-0.2, 0) is 6.61 Å². The largest absolute Gasteiger partial charge is 0.487 e. The van der Waals surface area contributed by atoms with Crippen LogP contribution in [0.2, 0.25) is 10.2 Å². The molecule has 29 heavy (non-hydrogen) atoms. The molecule has 0 aliphatic rings. The molecule has 0 saturated heterocycles. The van der Waals surface area contributed by atoms with E-state index in [4.69, 9.17) is 27.9 Å². The third-order valence-electron chi connectivity index (χ3n) is 3.73. The van der Waals surface area contributed by atoms with Crippen molar-refractivity contribution in [1.29, 1.82) is 0 Å². The number of nitrogens with one attached hydrogen (secondary N) is 1. The molecule has 0 unspecified atom stereocenters. The molecule has 148 valence electrons. The average Bonchev–Trinajstić information content (AvgIpc) is 2.69. The minimum absolute atomic E-state index is 0.129. The van der Waals surface area contributed by atoms with Gasteiger partial charge in [0.2, 0.25) is 0 Å². The molecule has 0 aliphatic heterocycles. The SMILES string of the molecule is O=C(NN=Cc1cc(I)c(OCc2ccccc2Cl)c(I)c1)c1cccnc1Cl. The lowest BCUT2D eigenvalue weighted by molar-refractivity contribution is 0.0955. The van der Waals surface area contributed by atoms with Crippen LogP contribution in [0.5, 0.6) is 5.75 Å². The Hall–Kier alpha value is -1.43. The molecular weight excluding hydrogens is 639 g/mol. The van der Waals surface area contributed by atoms with Gasteiger partial charge in [-0.1, -0.05) is 41.4 Å². The second kappa shape index (κ2) is 10.6. The van der Waals surface area contributed by atoms with E-state index in [1.807, 2.05) is 36.4 Å². The Bertz CT molecular complexity index is 1050. The van der Waals surface area contributed by atoms with Crippen molar-refractivity contribution in [2.75, 3.05) is 0 Å². The molecule has 0 radical (unpaired) electrons. The topological polar surface area (TPSA) is 63.6 Å². The second-order valence-electron chi connectivity index (χ2n) is 5.73. The fraction of sp³-hybridized carbons (Fsp3) is 0.0500. The van der Waals surface area contributed by atoms with Crippen molar-refractivity contribution in [3.63, 3.8) is 0 Å². The smallest absolute Gasteiger partial charge is 0.274 e. The maximum atomic E-state index is 12.1. The van der Waals surface area contributed by atoms with E-state index in [0.29, 0.717) is 11.6 Å². The zero-order valence-corrected chi connectivity index (χ0v) is 20.5. The van der Waals surface area contributed by atoms with Gasteiger partial charge in [-0.05, 0) is 81.1 Å². The predicted octanol–water partition coefficient (Wildman–Crippen LogP) is 5.94. The number of hydrogen-bond donors (Lipinski definition) is 1. The molecule has 9 heteroatoms. The first kappa shape index (κ1) is 22.3. The number of hydrogen-bond acceptors (Lipinski definition) is 4. The second-order valence-corrected chi connectivity index (χ2v) is 8.82. The average molecular weight is 652 g/mol. The Balaban J connectivity index is 1.67. The number of ether oxygens (including phenoxy) is 1. The van der Waals surface area contributed by atoms with Gasteiger partial charge in [0.15, 0.2) is 0 Å². The first-order chi connectivity index (χ1) is 14.0. The number of halogens is 4. The van der Waals surface area contributed by atoms with E-state index < -0.39 is 5.91 Å². The van der Waals surface area contributed by atoms with Crippen LogP contribution in [0.15, 0.2) is 59.8 Å². The normalized spacial score (nSPS) is 10.9. The summed E-state index contributed by atoms with van der Waals surface area (Å²) in [4.78, 5) is 16.0. The first-order valence-corrected chi connectivity index (χ1v) is 11.2. The molecule has 1 heterocycles. The van der Waals surface area contributed by atoms with Gasteiger partial charge in [0.25, 0.3) is 5.91 Å². The molecule has 1 aromatic heterocycles. The van der Waals surface area contributed by atoms with Gasteiger partial charge in [0.05, 0.1) is 18.9 Å². The maximum Gasteiger partial charge on any atom is 0.274 e. The lowest BCUT2D eigenvalue weighted by Gasteiger charge is -2.12. The zero-order chi connectivity index (χ0) is 20.8. The molecule has 0 saturated carbocycles. The number of benzene rings is 2. The lowest BCUT2D eigenvalue weighted by atomic mass is 10.2. The van der Waals surface area contributed by atoms with E-state index in [9.17, 15) is 4.79 Å². The van der Waals surface area contributed by atoms with E-state index in [1.54, 1.807) is 18.3 Å². The van der Waals surface area contributed by atoms with Gasteiger partial charge in [-0.25, -0.2) is 10.4 Å². The van der Waals surface area contributed by atoms with Crippen LogP contribution in [-0.4, -0.2) is 17.1 Å². The number of pyridine rings is 1. The highest BCUT2D eigenvalue weighted by molar-refractivity contribution is 14.1. The Morgan fingerprint density at radius 2 is 1.86 bits per heavy atom. The van der Waals surface area contributed by atoms with Crippen LogP contribution >= 0.6 is 68.4 Å². The molecule has 3 aromatic rings. The molecule has 0 bridgehead atoms. The summed E-state index contributed by atoms with van der Waals surface area (Å²) in [7, 11) is 0. The summed E-state index contributed by atoms with van der Waals surface area (Å²) < 4.78 is 7.81. The zero-order valence-electron chi connectivity index (χ0n) is 14.7. The van der Waals surface area contributed by atoms with Crippen LogP contribution in [0.4, 0.5) is 0 Å². The Morgan fingerprint density at radius 1 is 1.14 bits per heavy atom. The van der Waals surface area contributed by atoms with E-state index in [2.05, 4.69) is 60.7 Å². The summed E-state index contributed by atoms with van der Waals surface area (Å²) >= 11 is 16.5. The number of rotatable bonds is 6. The van der Waals surface area contributed by atoms with Gasteiger partial charge < -0.3 is 4.74 Å². The summed E-state index contributed by atoms with van der Waals surface area (Å²) in [6.45, 7) is 0.376. The third-order valence-corrected chi connectivity index (χ3v) is 6.01. The van der Waals surface area contributed by atoms with Gasteiger partial charge >= 0.3 is 0 Å². The van der Waals surface area contributed by atoms with Crippen molar-refractivity contribution >= 4 is 80.5 Å². The van der Waals surface area contributed by atoms with Crippen LogP contribution < -0.4 is 10.2 Å². The summed E-state index contributed by atoms with van der Waals surface area (Å²) in [5.74, 6) is 0.345. The van der Waals surface area contributed by atoms with E-state index >= 15 is 0 Å². The molecular formula is C20H13Cl2I2N3O2. The van der Waals surface area contributed by atoms with Crippen LogP contribution in [0.3, 0.4) is 0 Å². The fourth-order valence-electron chi connectivity index (χ4n) is 2.34. The number of nitrogens with zero attached hydrogens (tertiary/aromatic N) is 2. The third kappa shape index (κ3) is 6.03. The van der Waals surface area contributed by atoms with Crippen molar-refractivity contribution in [2.24, 2.45) is 5.10 Å². The number of amides is 1. The summed E-state index contributed by atoms with van der Waals surface area (Å²) in [6, 6.07) is 14.6. The minimum Gasteiger partial charge on any atom is -0.487 e. The lowest BCUT2D eigenvalue weighted by Crippen LogP contribution is -2.18. The minimum atomic E-state index is -0.427. The molecule has 0 spiro atoms. The standard InChI is InChI=1S/C20H13Cl2I2N3O2/c21-15-6-2-1-4-13(15)11-29-18-16(23)8-12(9-17(18)24)10-26-27-20(28)14-5-3-7-25-19(14)22/h1-10H,11H2,(H,27,28). The van der Waals surface area contributed by atoms with Crippen LogP contribution in [0.25, 0.3) is 0 Å². The number of hydrazone groups is 1. The predicted molar refractivity (Wildman–Crippen MR) is 132 cm³/mol. The Kier molecular flexibility index (Phi) is 8.10. The van der Waals surface area contributed by atoms with Crippen molar-refractivity contribution in [1.82, 2.24) is 10.4 Å². The first-order valence-electron chi connectivity index (χ1n) is 8.25. The Labute approximate surface area is 205 Å². The summed E-state index contributed by atoms with van der Waals surface area (Å²) in [6.07, 6.45) is 3.08. The highest BCUT2D eigenvalue weighted by atomic mass is 127. The van der Waals surface area contributed by atoms with Crippen LogP contribution in [0.1, 0.15) is 21.5 Å². The van der Waals surface area contributed by atoms with Crippen molar-refractivity contribution in [3.05, 3.63) is 88.7 Å². The van der Waals surface area contributed by atoms with E-state index in [-0.39, 0.29) is 10.7 Å². The molecule has 2 aromatic carbocycles. The van der Waals surface area contributed by atoms with Gasteiger partial charge in [0, 0.05) is 16.8 Å². The maximum absolute atomic E-state index is 12.1. The monoisotopic (exact) mass is 651 g/mol.